The van der Waals surface area contributed by atoms with Gasteiger partial charge in [-0.25, -0.2) is 0 Å². The number of nitrogens with zero attached hydrogens (tertiary/aromatic N) is 2. The normalized spacial score (nSPS) is 16.6. The second-order valence-electron chi connectivity index (χ2n) is 5.77. The lowest BCUT2D eigenvalue weighted by Gasteiger charge is -2.24. The summed E-state index contributed by atoms with van der Waals surface area (Å²) in [6.07, 6.45) is 0.931. The van der Waals surface area contributed by atoms with Gasteiger partial charge in [0, 0.05) is 7.05 Å². The molecule has 1 unspecified atom stereocenters. The number of anilines is 2. The summed E-state index contributed by atoms with van der Waals surface area (Å²) in [5.74, 6) is 0.229. The minimum Gasteiger partial charge on any atom is -0.394 e. The monoisotopic (exact) mass is 291 g/mol. The lowest BCUT2D eigenvalue weighted by Crippen LogP contribution is -2.46. The minimum atomic E-state index is -0.168. The Morgan fingerprint density at radius 2 is 2.05 bits per heavy atom. The summed E-state index contributed by atoms with van der Waals surface area (Å²) in [5.41, 5.74) is 2.23. The number of aliphatic hydroxyl groups is 1. The van der Waals surface area contributed by atoms with Gasteiger partial charge in [-0.1, -0.05) is 32.4 Å². The van der Waals surface area contributed by atoms with Crippen molar-refractivity contribution in [3.8, 4) is 0 Å². The number of amides is 1. The Balaban J connectivity index is 1.98. The van der Waals surface area contributed by atoms with E-state index in [2.05, 4.69) is 28.1 Å². The van der Waals surface area contributed by atoms with Gasteiger partial charge in [0.25, 0.3) is 0 Å². The Labute approximate surface area is 126 Å². The highest BCUT2D eigenvalue weighted by Crippen LogP contribution is 2.33. The van der Waals surface area contributed by atoms with E-state index in [9.17, 15) is 9.90 Å². The van der Waals surface area contributed by atoms with Crippen LogP contribution >= 0.6 is 0 Å². The first-order chi connectivity index (χ1) is 10.1. The van der Waals surface area contributed by atoms with Crippen LogP contribution in [-0.2, 0) is 4.79 Å². The van der Waals surface area contributed by atoms with Gasteiger partial charge in [-0.15, -0.1) is 0 Å². The van der Waals surface area contributed by atoms with Crippen LogP contribution in [0.25, 0.3) is 0 Å². The molecule has 1 aromatic carbocycles. The maximum absolute atomic E-state index is 12.2. The van der Waals surface area contributed by atoms with Gasteiger partial charge in [0.2, 0.25) is 5.91 Å². The van der Waals surface area contributed by atoms with Crippen LogP contribution in [0.3, 0.4) is 0 Å². The summed E-state index contributed by atoms with van der Waals surface area (Å²) >= 11 is 0. The summed E-state index contributed by atoms with van der Waals surface area (Å²) in [6, 6.07) is 7.91. The van der Waals surface area contributed by atoms with E-state index in [4.69, 9.17) is 0 Å². The molecule has 0 aliphatic carbocycles. The maximum Gasteiger partial charge on any atom is 0.239 e. The molecule has 0 bridgehead atoms. The molecule has 5 nitrogen and oxygen atoms in total. The maximum atomic E-state index is 12.2. The molecule has 0 radical (unpaired) electrons. The molecule has 5 heteroatoms. The van der Waals surface area contributed by atoms with Crippen LogP contribution in [-0.4, -0.2) is 43.9 Å². The average Bonchev–Trinajstić information content (AvgIpc) is 2.81. The highest BCUT2D eigenvalue weighted by molar-refractivity contribution is 5.85. The summed E-state index contributed by atoms with van der Waals surface area (Å²) in [7, 11) is 2.02. The number of rotatable bonds is 6. The molecule has 1 aliphatic rings. The Morgan fingerprint density at radius 3 is 2.67 bits per heavy atom. The number of nitrogens with one attached hydrogen (secondary N) is 1. The molecular weight excluding hydrogens is 266 g/mol. The van der Waals surface area contributed by atoms with Gasteiger partial charge in [-0.3, -0.25) is 4.79 Å². The van der Waals surface area contributed by atoms with E-state index in [1.807, 2.05) is 32.2 Å². The standard InChI is InChI=1S/C16H25N3O2/c1-4-12(2)13(10-20)17-16(21)9-19-11-18(3)14-7-5-6-8-15(14)19/h5-8,12-13,20H,4,9-11H2,1-3H3,(H,17,21)/t12?,13-/m1/s1. The number of fused-ring (bicyclic) bond motifs is 1. The summed E-state index contributed by atoms with van der Waals surface area (Å²) in [5, 5.41) is 12.3. The fraction of sp³-hybridized carbons (Fsp3) is 0.562. The van der Waals surface area contributed by atoms with Gasteiger partial charge in [0.1, 0.15) is 0 Å². The highest BCUT2D eigenvalue weighted by Gasteiger charge is 2.25. The SMILES string of the molecule is CCC(C)[C@@H](CO)NC(=O)CN1CN(C)c2ccccc21. The first-order valence-electron chi connectivity index (χ1n) is 7.52. The van der Waals surface area contributed by atoms with E-state index < -0.39 is 0 Å². The second kappa shape index (κ2) is 6.80. The average molecular weight is 291 g/mol. The van der Waals surface area contributed by atoms with Crippen LogP contribution in [0.4, 0.5) is 11.4 Å². The van der Waals surface area contributed by atoms with Crippen molar-refractivity contribution in [2.75, 3.05) is 36.7 Å². The number of hydrogen-bond acceptors (Lipinski definition) is 4. The van der Waals surface area contributed by atoms with Gasteiger partial charge >= 0.3 is 0 Å². The molecule has 0 saturated heterocycles. The van der Waals surface area contributed by atoms with Crippen LogP contribution in [0.1, 0.15) is 20.3 Å². The number of hydrogen-bond donors (Lipinski definition) is 2. The van der Waals surface area contributed by atoms with Crippen LogP contribution < -0.4 is 15.1 Å². The Kier molecular flexibility index (Phi) is 5.07. The number of carbonyl (C=O) groups is 1. The number of para-hydroxylation sites is 2. The molecule has 116 valence electrons. The van der Waals surface area contributed by atoms with Crippen LogP contribution in [0.15, 0.2) is 24.3 Å². The van der Waals surface area contributed by atoms with Gasteiger partial charge in [-0.2, -0.15) is 0 Å². The first-order valence-corrected chi connectivity index (χ1v) is 7.52. The van der Waals surface area contributed by atoms with Crippen LogP contribution in [0, 0.1) is 5.92 Å². The van der Waals surface area contributed by atoms with Gasteiger partial charge in [-0.05, 0) is 18.1 Å². The third kappa shape index (κ3) is 3.47. The van der Waals surface area contributed by atoms with Gasteiger partial charge in [0.05, 0.1) is 37.2 Å². The van der Waals surface area contributed by atoms with E-state index >= 15 is 0 Å². The lowest BCUT2D eigenvalue weighted by molar-refractivity contribution is -0.121. The van der Waals surface area contributed by atoms with Crippen molar-refractivity contribution in [2.45, 2.75) is 26.3 Å². The molecule has 0 aromatic heterocycles. The molecule has 2 atom stereocenters. The lowest BCUT2D eigenvalue weighted by atomic mass is 10.00. The molecular formula is C16H25N3O2. The van der Waals surface area contributed by atoms with E-state index in [0.29, 0.717) is 13.2 Å². The molecule has 1 aromatic rings. The van der Waals surface area contributed by atoms with Crippen molar-refractivity contribution in [3.05, 3.63) is 24.3 Å². The largest absolute Gasteiger partial charge is 0.394 e. The highest BCUT2D eigenvalue weighted by atomic mass is 16.3. The number of carbonyl (C=O) groups excluding carboxylic acids is 1. The van der Waals surface area contributed by atoms with E-state index in [0.717, 1.165) is 17.8 Å². The van der Waals surface area contributed by atoms with Crippen molar-refractivity contribution >= 4 is 17.3 Å². The predicted octanol–water partition coefficient (Wildman–Crippen LogP) is 1.42. The third-order valence-electron chi connectivity index (χ3n) is 4.22. The molecule has 2 rings (SSSR count). The van der Waals surface area contributed by atoms with Crippen molar-refractivity contribution in [3.63, 3.8) is 0 Å². The topological polar surface area (TPSA) is 55.8 Å². The molecule has 2 N–H and O–H groups in total. The molecule has 1 heterocycles. The third-order valence-corrected chi connectivity index (χ3v) is 4.22. The smallest absolute Gasteiger partial charge is 0.239 e. The minimum absolute atomic E-state index is 0.0166. The first kappa shape index (κ1) is 15.6. The van der Waals surface area contributed by atoms with Crippen LogP contribution in [0.2, 0.25) is 0 Å². The molecule has 0 saturated carbocycles. The van der Waals surface area contributed by atoms with E-state index in [1.54, 1.807) is 0 Å². The molecule has 21 heavy (non-hydrogen) atoms. The van der Waals surface area contributed by atoms with Gasteiger partial charge < -0.3 is 20.2 Å². The summed E-state index contributed by atoms with van der Waals surface area (Å²) < 4.78 is 0. The molecule has 0 fully saturated rings. The zero-order chi connectivity index (χ0) is 15.4. The van der Waals surface area contributed by atoms with Crippen molar-refractivity contribution in [1.29, 1.82) is 0 Å². The quantitative estimate of drug-likeness (QED) is 0.832. The van der Waals surface area contributed by atoms with Gasteiger partial charge in [0.15, 0.2) is 0 Å². The predicted molar refractivity (Wildman–Crippen MR) is 85.5 cm³/mol. The Bertz CT molecular complexity index is 492. The molecule has 1 amide bonds. The zero-order valence-electron chi connectivity index (χ0n) is 13.0. The summed E-state index contributed by atoms with van der Waals surface area (Å²) in [6.45, 7) is 5.11. The summed E-state index contributed by atoms with van der Waals surface area (Å²) in [4.78, 5) is 16.4. The van der Waals surface area contributed by atoms with E-state index in [-0.39, 0.29) is 24.5 Å². The molecule has 1 aliphatic heterocycles. The van der Waals surface area contributed by atoms with Crippen LogP contribution in [0.5, 0.6) is 0 Å². The fourth-order valence-corrected chi connectivity index (χ4v) is 2.68. The van der Waals surface area contributed by atoms with E-state index in [1.165, 1.54) is 0 Å². The van der Waals surface area contributed by atoms with Crippen molar-refractivity contribution in [2.24, 2.45) is 5.92 Å². The second-order valence-corrected chi connectivity index (χ2v) is 5.77. The Morgan fingerprint density at radius 1 is 1.38 bits per heavy atom. The zero-order valence-corrected chi connectivity index (χ0v) is 13.0. The Hall–Kier alpha value is -1.75. The number of benzene rings is 1. The number of aliphatic hydroxyl groups excluding tert-OH is 1. The van der Waals surface area contributed by atoms with Crippen molar-refractivity contribution in [1.82, 2.24) is 5.32 Å². The fourth-order valence-electron chi connectivity index (χ4n) is 2.68. The van der Waals surface area contributed by atoms with Crippen molar-refractivity contribution < 1.29 is 9.90 Å². The molecule has 0 spiro atoms.